The predicted molar refractivity (Wildman–Crippen MR) is 104 cm³/mol. The summed E-state index contributed by atoms with van der Waals surface area (Å²) in [7, 11) is 1.86. The minimum absolute atomic E-state index is 0.0504. The van der Waals surface area contributed by atoms with Crippen LogP contribution in [0.1, 0.15) is 66.2 Å². The van der Waals surface area contributed by atoms with Gasteiger partial charge in [-0.2, -0.15) is 7.05 Å². The Morgan fingerprint density at radius 1 is 1.16 bits per heavy atom. The van der Waals surface area contributed by atoms with Gasteiger partial charge in [0.25, 0.3) is 0 Å². The van der Waals surface area contributed by atoms with Gasteiger partial charge in [0.05, 0.1) is 16.6 Å². The average Bonchev–Trinajstić information content (AvgIpc) is 2.50. The number of allylic oxidation sites excluding steroid dienone is 1. The van der Waals surface area contributed by atoms with Crippen LogP contribution in [0.3, 0.4) is 0 Å². The van der Waals surface area contributed by atoms with E-state index in [0.29, 0.717) is 17.8 Å². The van der Waals surface area contributed by atoms with E-state index >= 15 is 0 Å². The topological polar surface area (TPSA) is 43.6 Å². The normalized spacial score (nSPS) is 50.4. The average molecular weight is 369 g/mol. The van der Waals surface area contributed by atoms with Gasteiger partial charge >= 0.3 is 0 Å². The molecule has 0 bridgehead atoms. The lowest BCUT2D eigenvalue weighted by Gasteiger charge is -2.62. The first-order valence-electron chi connectivity index (χ1n) is 9.85. The van der Waals surface area contributed by atoms with Crippen LogP contribution in [0.2, 0.25) is 0 Å². The Morgan fingerprint density at radius 3 is 2.44 bits per heavy atom. The van der Waals surface area contributed by atoms with Gasteiger partial charge in [0, 0.05) is 5.60 Å². The number of fused-ring (bicyclic) bond motifs is 1. The van der Waals surface area contributed by atoms with Crippen molar-refractivity contribution in [2.45, 2.75) is 94.4 Å². The molecule has 0 unspecified atom stereocenters. The lowest BCUT2D eigenvalue weighted by Crippen LogP contribution is -2.61. The van der Waals surface area contributed by atoms with Crippen LogP contribution in [0.5, 0.6) is 0 Å². The maximum absolute atomic E-state index is 11.0. The number of hydrogen-bond donors (Lipinski definition) is 1. The number of nitrogens with zero attached hydrogens (tertiary/aromatic N) is 1. The molecule has 3 nitrogen and oxygen atoms in total. The van der Waals surface area contributed by atoms with Crippen LogP contribution in [-0.2, 0) is 4.74 Å². The number of alkyl halides is 1. The molecule has 1 heterocycles. The van der Waals surface area contributed by atoms with Crippen molar-refractivity contribution < 1.29 is 9.84 Å². The van der Waals surface area contributed by atoms with E-state index in [1.54, 1.807) is 0 Å². The van der Waals surface area contributed by atoms with Crippen LogP contribution in [0.4, 0.5) is 0 Å². The molecule has 3 aliphatic rings. The third-order valence-corrected chi connectivity index (χ3v) is 8.14. The summed E-state index contributed by atoms with van der Waals surface area (Å²) in [5.74, 6) is 1.14. The molecule has 7 atom stereocenters. The quantitative estimate of drug-likeness (QED) is 0.547. The molecule has 0 aromatic heterocycles. The standard InChI is InChI=1S/C21H35ClNO2/c1-13-7-8-15(21(5)12-10-16(22)19(2,3)25-21)17-14(13)9-11-20(4,24)18(17)23-6/h14-18,24H,1,7-12H2,2-6H3/q-1/t14-,15+,16+,17+,18-,20-,21-/m1/s1. The van der Waals surface area contributed by atoms with Crippen LogP contribution in [-0.4, -0.2) is 40.4 Å². The highest BCUT2D eigenvalue weighted by Crippen LogP contribution is 2.56. The minimum Gasteiger partial charge on any atom is -0.660 e. The van der Waals surface area contributed by atoms with Crippen LogP contribution in [0, 0.1) is 17.8 Å². The van der Waals surface area contributed by atoms with Gasteiger partial charge in [-0.25, -0.2) is 0 Å². The highest BCUT2D eigenvalue weighted by Gasteiger charge is 2.55. The maximum atomic E-state index is 11.0. The van der Waals surface area contributed by atoms with Crippen molar-refractivity contribution in [1.82, 2.24) is 0 Å². The van der Waals surface area contributed by atoms with E-state index in [4.69, 9.17) is 16.3 Å². The third kappa shape index (κ3) is 3.31. The van der Waals surface area contributed by atoms with E-state index in [0.717, 1.165) is 38.5 Å². The Balaban J connectivity index is 1.95. The van der Waals surface area contributed by atoms with Crippen molar-refractivity contribution in [2.75, 3.05) is 7.05 Å². The second-order valence-electron chi connectivity index (χ2n) is 9.61. The molecule has 144 valence electrons. The molecule has 4 heteroatoms. The maximum Gasteiger partial charge on any atom is 0.0796 e. The van der Waals surface area contributed by atoms with Gasteiger partial charge in [0.1, 0.15) is 0 Å². The predicted octanol–water partition coefficient (Wildman–Crippen LogP) is 5.06. The zero-order valence-electron chi connectivity index (χ0n) is 16.5. The molecule has 0 aromatic rings. The Bertz CT molecular complexity index is 532. The Morgan fingerprint density at radius 2 is 1.84 bits per heavy atom. The SMILES string of the molecule is C=C1CC[C@H]([C@@]2(C)CC[C@H](Cl)C(C)(C)O2)[C@@H]2[C@@H]1CC[C@@](C)(O)[C@@H]2[N-]C. The van der Waals surface area contributed by atoms with Crippen molar-refractivity contribution in [3.05, 3.63) is 17.5 Å². The van der Waals surface area contributed by atoms with Gasteiger partial charge in [-0.3, -0.25) is 0 Å². The van der Waals surface area contributed by atoms with E-state index in [1.807, 2.05) is 14.0 Å². The fourth-order valence-corrected chi connectivity index (χ4v) is 6.17. The largest absolute Gasteiger partial charge is 0.660 e. The van der Waals surface area contributed by atoms with Crippen LogP contribution in [0.15, 0.2) is 12.2 Å². The summed E-state index contributed by atoms with van der Waals surface area (Å²) in [5.41, 5.74) is 0.0735. The van der Waals surface area contributed by atoms with Gasteiger partial charge in [0.15, 0.2) is 0 Å². The highest BCUT2D eigenvalue weighted by molar-refractivity contribution is 6.21. The van der Waals surface area contributed by atoms with E-state index in [-0.39, 0.29) is 22.6 Å². The Kier molecular flexibility index (Phi) is 5.12. The second-order valence-corrected chi connectivity index (χ2v) is 10.1. The lowest BCUT2D eigenvalue weighted by molar-refractivity contribution is -0.210. The van der Waals surface area contributed by atoms with Crippen molar-refractivity contribution in [3.8, 4) is 0 Å². The third-order valence-electron chi connectivity index (χ3n) is 7.40. The summed E-state index contributed by atoms with van der Waals surface area (Å²) in [5, 5.41) is 15.7. The fraction of sp³-hybridized carbons (Fsp3) is 0.905. The summed E-state index contributed by atoms with van der Waals surface area (Å²) in [6, 6.07) is -0.0504. The van der Waals surface area contributed by atoms with Crippen LogP contribution >= 0.6 is 11.6 Å². The monoisotopic (exact) mass is 368 g/mol. The number of ether oxygens (including phenoxy) is 1. The molecule has 2 saturated carbocycles. The van der Waals surface area contributed by atoms with Crippen molar-refractivity contribution in [1.29, 1.82) is 0 Å². The van der Waals surface area contributed by atoms with Gasteiger partial charge in [-0.1, -0.05) is 12.2 Å². The molecule has 0 radical (unpaired) electrons. The molecule has 2 aliphatic carbocycles. The number of aliphatic hydroxyl groups is 1. The summed E-state index contributed by atoms with van der Waals surface area (Å²) >= 11 is 6.54. The van der Waals surface area contributed by atoms with E-state index in [1.165, 1.54) is 5.57 Å². The molecule has 1 N–H and O–H groups in total. The summed E-state index contributed by atoms with van der Waals surface area (Å²) in [6.07, 6.45) is 5.90. The van der Waals surface area contributed by atoms with Gasteiger partial charge < -0.3 is 15.2 Å². The number of rotatable bonds is 2. The molecule has 1 saturated heterocycles. The first-order chi connectivity index (χ1) is 11.5. The lowest BCUT2D eigenvalue weighted by atomic mass is 9.54. The molecule has 0 amide bonds. The zero-order chi connectivity index (χ0) is 18.6. The number of hydrogen-bond acceptors (Lipinski definition) is 2. The molecular formula is C21H35ClNO2-. The zero-order valence-corrected chi connectivity index (χ0v) is 17.3. The van der Waals surface area contributed by atoms with E-state index in [2.05, 4.69) is 32.7 Å². The molecule has 3 rings (SSSR count). The summed E-state index contributed by atoms with van der Waals surface area (Å²) in [4.78, 5) is 0. The smallest absolute Gasteiger partial charge is 0.0796 e. The molecule has 25 heavy (non-hydrogen) atoms. The van der Waals surface area contributed by atoms with Gasteiger partial charge in [-0.05, 0) is 84.0 Å². The first kappa shape index (κ1) is 19.7. The number of halogens is 1. The first-order valence-corrected chi connectivity index (χ1v) is 10.3. The minimum atomic E-state index is -0.735. The highest BCUT2D eigenvalue weighted by atomic mass is 35.5. The van der Waals surface area contributed by atoms with Crippen molar-refractivity contribution in [2.24, 2.45) is 17.8 Å². The summed E-state index contributed by atoms with van der Waals surface area (Å²) < 4.78 is 6.67. The number of likely N-dealkylation sites (N-methyl/N-ethyl adjacent to an activating group) is 1. The van der Waals surface area contributed by atoms with Crippen molar-refractivity contribution >= 4 is 11.6 Å². The Hall–Kier alpha value is -0.0900. The second kappa shape index (κ2) is 6.51. The van der Waals surface area contributed by atoms with Crippen LogP contribution in [0.25, 0.3) is 5.32 Å². The molecule has 0 spiro atoms. The van der Waals surface area contributed by atoms with E-state index < -0.39 is 5.60 Å². The molecule has 0 aromatic carbocycles. The summed E-state index contributed by atoms with van der Waals surface area (Å²) in [6.45, 7) is 12.8. The fourth-order valence-electron chi connectivity index (χ4n) is 6.02. The molecule has 1 aliphatic heterocycles. The molecular weight excluding hydrogens is 334 g/mol. The van der Waals surface area contributed by atoms with Crippen LogP contribution < -0.4 is 0 Å². The van der Waals surface area contributed by atoms with Gasteiger partial charge in [-0.15, -0.1) is 17.6 Å². The van der Waals surface area contributed by atoms with E-state index in [9.17, 15) is 5.11 Å². The van der Waals surface area contributed by atoms with Gasteiger partial charge in [0.2, 0.25) is 0 Å². The molecule has 3 fully saturated rings. The Labute approximate surface area is 158 Å². The van der Waals surface area contributed by atoms with Crippen molar-refractivity contribution in [3.63, 3.8) is 0 Å².